The van der Waals surface area contributed by atoms with E-state index < -0.39 is 89.3 Å². The number of fused-ring (bicyclic) bond motifs is 2. The van der Waals surface area contributed by atoms with E-state index in [1.165, 1.54) is 14.0 Å². The number of carbonyl (C=O) groups excluding carboxylic acids is 5. The van der Waals surface area contributed by atoms with Gasteiger partial charge in [-0.3, -0.25) is 19.4 Å². The maximum Gasteiger partial charge on any atom is 0.410 e. The Labute approximate surface area is 390 Å². The topological polar surface area (TPSA) is 160 Å². The molecule has 0 spiro atoms. The van der Waals surface area contributed by atoms with Gasteiger partial charge in [0.05, 0.1) is 41.0 Å². The van der Waals surface area contributed by atoms with Crippen LogP contribution < -0.4 is 0 Å². The Kier molecular flexibility index (Phi) is 16.5. The number of cyclic esters (lactones) is 1. The Morgan fingerprint density at radius 3 is 2.26 bits per heavy atom. The molecule has 14 heteroatoms. The molecule has 1 amide bonds. The van der Waals surface area contributed by atoms with Crippen molar-refractivity contribution < 1.29 is 52.4 Å². The molecule has 2 aromatic carbocycles. The molecule has 3 aliphatic heterocycles. The molecule has 4 heterocycles. The number of benzene rings is 2. The van der Waals surface area contributed by atoms with E-state index in [0.717, 1.165) is 23.0 Å². The number of hydrogen-bond donors (Lipinski definition) is 0. The molecule has 14 nitrogen and oxygen atoms in total. The molecule has 0 bridgehead atoms. The van der Waals surface area contributed by atoms with Gasteiger partial charge in [-0.2, -0.15) is 0 Å². The summed E-state index contributed by atoms with van der Waals surface area (Å²) < 4.78 is 38.6. The van der Waals surface area contributed by atoms with E-state index in [1.807, 2.05) is 90.0 Å². The predicted octanol–water partition coefficient (Wildman–Crippen LogP) is 8.02. The summed E-state index contributed by atoms with van der Waals surface area (Å²) in [6, 6.07) is 19.6. The second-order valence-corrected chi connectivity index (χ2v) is 19.2. The maximum absolute atomic E-state index is 15.1. The normalized spacial score (nSPS) is 33.6. The Morgan fingerprint density at radius 1 is 0.894 bits per heavy atom. The average molecular weight is 914 g/mol. The fourth-order valence-corrected chi connectivity index (χ4v) is 10.7. The van der Waals surface area contributed by atoms with Crippen molar-refractivity contribution in [2.75, 3.05) is 27.7 Å². The second-order valence-electron chi connectivity index (χ2n) is 19.2. The first-order valence-corrected chi connectivity index (χ1v) is 23.8. The lowest BCUT2D eigenvalue weighted by Gasteiger charge is -2.48. The van der Waals surface area contributed by atoms with Gasteiger partial charge in [0, 0.05) is 42.5 Å². The zero-order valence-corrected chi connectivity index (χ0v) is 40.7. The van der Waals surface area contributed by atoms with Crippen LogP contribution in [0.25, 0.3) is 10.9 Å². The van der Waals surface area contributed by atoms with E-state index in [-0.39, 0.29) is 37.2 Å². The van der Waals surface area contributed by atoms with Gasteiger partial charge < -0.3 is 38.2 Å². The Hall–Kier alpha value is -4.76. The average Bonchev–Trinajstić information content (AvgIpc) is 3.61. The summed E-state index contributed by atoms with van der Waals surface area (Å²) >= 11 is 0. The van der Waals surface area contributed by atoms with Crippen LogP contribution in [0.3, 0.4) is 0 Å². The first-order valence-electron chi connectivity index (χ1n) is 23.8. The Bertz CT molecular complexity index is 2190. The monoisotopic (exact) mass is 914 g/mol. The van der Waals surface area contributed by atoms with Gasteiger partial charge in [-0.15, -0.1) is 0 Å². The number of ether oxygens (including phenoxy) is 6. The minimum atomic E-state index is -1.38. The van der Waals surface area contributed by atoms with E-state index >= 15 is 4.79 Å². The van der Waals surface area contributed by atoms with Gasteiger partial charge in [-0.25, -0.2) is 9.59 Å². The van der Waals surface area contributed by atoms with Crippen LogP contribution in [0.15, 0.2) is 66.7 Å². The number of Topliss-reactive ketones (excluding diaryl/α,β-unsaturated/α-hetero) is 2. The molecule has 3 aliphatic rings. The minimum absolute atomic E-state index is 0.0955. The number of para-hydroxylation sites is 1. The zero-order chi connectivity index (χ0) is 48.1. The molecule has 3 aromatic rings. The molecule has 13 atom stereocenters. The molecule has 66 heavy (non-hydrogen) atoms. The van der Waals surface area contributed by atoms with Crippen molar-refractivity contribution in [3.05, 3.63) is 78.0 Å². The third-order valence-electron chi connectivity index (χ3n) is 14.5. The number of aryl methyl sites for hydroxylation is 1. The van der Waals surface area contributed by atoms with Crippen LogP contribution in [0.2, 0.25) is 0 Å². The van der Waals surface area contributed by atoms with Crippen molar-refractivity contribution >= 4 is 40.5 Å². The summed E-state index contributed by atoms with van der Waals surface area (Å²) in [6.45, 7) is 14.5. The number of hydrogen-bond acceptors (Lipinski definition) is 13. The largest absolute Gasteiger partial charge is 0.457 e. The summed E-state index contributed by atoms with van der Waals surface area (Å²) in [5.41, 5.74) is -0.497. The van der Waals surface area contributed by atoms with E-state index in [4.69, 9.17) is 33.4 Å². The van der Waals surface area contributed by atoms with Crippen molar-refractivity contribution in [1.29, 1.82) is 0 Å². The zero-order valence-electron chi connectivity index (χ0n) is 40.7. The van der Waals surface area contributed by atoms with Gasteiger partial charge in [0.15, 0.2) is 23.8 Å². The lowest BCUT2D eigenvalue weighted by atomic mass is 9.72. The third-order valence-corrected chi connectivity index (χ3v) is 14.5. The third kappa shape index (κ3) is 10.5. The molecule has 360 valence electrons. The number of pyridine rings is 1. The van der Waals surface area contributed by atoms with Gasteiger partial charge in [0.25, 0.3) is 0 Å². The smallest absolute Gasteiger partial charge is 0.410 e. The summed E-state index contributed by atoms with van der Waals surface area (Å²) in [5, 5.41) is 1.06. The molecule has 0 saturated carbocycles. The number of nitrogens with zero attached hydrogens (tertiary/aromatic N) is 3. The van der Waals surface area contributed by atoms with Crippen LogP contribution in [0, 0.1) is 23.7 Å². The summed E-state index contributed by atoms with van der Waals surface area (Å²) in [7, 11) is 5.28. The summed E-state index contributed by atoms with van der Waals surface area (Å²) in [5.74, 6) is -5.71. The standard InChI is InChI=1S/C52H71N3O11/c1-12-41-52(13-2)45(55(50(60)66-52)28-20-19-24-38-27-26-36-21-17-18-25-39(36)53-38)33(5)42(56)31(3)30-51(8,61-11)46(34(6)43(57)35(7)47(58)63-41)65-49-44(40(54(9)10)29-32(4)62-49)64-48(59)37-22-15-14-16-23-37/h14-18,21-23,25-27,31-35,40-41,44-46,49H,12-13,19-20,24,28-30H2,1-11H3/t31-,32-,33+,34+,35-,40+,41-,44-,45-,46-,49?,51-,52-/m1/s1. The number of aromatic nitrogens is 1. The number of ketones is 2. The van der Waals surface area contributed by atoms with Crippen LogP contribution in [-0.4, -0.2) is 126 Å². The van der Waals surface area contributed by atoms with Crippen molar-refractivity contribution in [2.24, 2.45) is 23.7 Å². The number of esters is 2. The summed E-state index contributed by atoms with van der Waals surface area (Å²) in [4.78, 5) is 80.3. The van der Waals surface area contributed by atoms with Gasteiger partial charge >= 0.3 is 18.0 Å². The number of carbonyl (C=O) groups is 5. The minimum Gasteiger partial charge on any atom is -0.457 e. The fraction of sp³-hybridized carbons (Fsp3) is 0.615. The Morgan fingerprint density at radius 2 is 1.59 bits per heavy atom. The molecule has 3 fully saturated rings. The lowest BCUT2D eigenvalue weighted by molar-refractivity contribution is -0.294. The van der Waals surface area contributed by atoms with E-state index in [9.17, 15) is 19.2 Å². The van der Waals surface area contributed by atoms with Crippen LogP contribution in [-0.2, 0) is 49.2 Å². The lowest BCUT2D eigenvalue weighted by Crippen LogP contribution is -2.61. The quantitative estimate of drug-likeness (QED) is 0.0703. The van der Waals surface area contributed by atoms with Crippen LogP contribution in [0.5, 0.6) is 0 Å². The fourth-order valence-electron chi connectivity index (χ4n) is 10.7. The molecule has 6 rings (SSSR count). The molecule has 0 radical (unpaired) electrons. The van der Waals surface area contributed by atoms with Crippen LogP contribution in [0.1, 0.15) is 110 Å². The molecule has 0 N–H and O–H groups in total. The SMILES string of the molecule is CC[C@H]1OC(=O)[C@H](C)C(=O)[C@H](C)[C@@H](OC2O[C@H](C)C[C@H](N(C)C)[C@H]2OC(=O)c2ccccc2)[C@](C)(OC)C[C@@H](C)C(=O)[C@H](C)[C@H]2N(CCCCc3ccc4ccccc4n3)C(=O)O[C@]12CC. The molecular formula is C52H71N3O11. The van der Waals surface area contributed by atoms with Crippen molar-refractivity contribution in [3.8, 4) is 0 Å². The van der Waals surface area contributed by atoms with Crippen LogP contribution >= 0.6 is 0 Å². The predicted molar refractivity (Wildman–Crippen MR) is 248 cm³/mol. The number of rotatable bonds is 13. The summed E-state index contributed by atoms with van der Waals surface area (Å²) in [6.07, 6.45) is -1.94. The van der Waals surface area contributed by atoms with Gasteiger partial charge in [0.1, 0.15) is 17.8 Å². The highest BCUT2D eigenvalue weighted by Gasteiger charge is 2.62. The maximum atomic E-state index is 15.1. The molecular weight excluding hydrogens is 843 g/mol. The molecule has 1 aromatic heterocycles. The van der Waals surface area contributed by atoms with Crippen molar-refractivity contribution in [1.82, 2.24) is 14.8 Å². The highest BCUT2D eigenvalue weighted by molar-refractivity contribution is 6.00. The molecule has 1 unspecified atom stereocenters. The van der Waals surface area contributed by atoms with Gasteiger partial charge in [0.2, 0.25) is 0 Å². The molecule has 0 aliphatic carbocycles. The molecule has 3 saturated heterocycles. The number of likely N-dealkylation sites (N-methyl/N-ethyl adjacent to an activating group) is 1. The van der Waals surface area contributed by atoms with Crippen molar-refractivity contribution in [3.63, 3.8) is 0 Å². The van der Waals surface area contributed by atoms with Crippen molar-refractivity contribution in [2.45, 2.75) is 154 Å². The highest BCUT2D eigenvalue weighted by Crippen LogP contribution is 2.45. The first-order chi connectivity index (χ1) is 31.4. The van der Waals surface area contributed by atoms with E-state index in [1.54, 1.807) is 43.0 Å². The first kappa shape index (κ1) is 50.6. The van der Waals surface area contributed by atoms with Gasteiger partial charge in [-0.1, -0.05) is 77.1 Å². The van der Waals surface area contributed by atoms with Crippen LogP contribution in [0.4, 0.5) is 4.79 Å². The Balaban J connectivity index is 1.33. The second kappa shape index (κ2) is 21.5. The number of unbranched alkanes of at least 4 members (excludes halogenated alkanes) is 1. The van der Waals surface area contributed by atoms with Gasteiger partial charge in [-0.05, 0) is 104 Å². The van der Waals surface area contributed by atoms with E-state index in [0.29, 0.717) is 31.4 Å². The number of methoxy groups -OCH3 is 1. The number of amides is 1. The highest BCUT2D eigenvalue weighted by atomic mass is 16.7. The van der Waals surface area contributed by atoms with E-state index in [2.05, 4.69) is 6.07 Å².